The van der Waals surface area contributed by atoms with E-state index in [-0.39, 0.29) is 17.0 Å². The van der Waals surface area contributed by atoms with Crippen molar-refractivity contribution in [1.29, 1.82) is 0 Å². The topological polar surface area (TPSA) is 98.5 Å². The van der Waals surface area contributed by atoms with E-state index >= 15 is 0 Å². The number of benzene rings is 2. The number of nitro benzene ring substituents is 1. The number of non-ortho nitro benzene ring substituents is 1. The highest BCUT2D eigenvalue weighted by atomic mass is 35.5. The number of anilines is 1. The molecule has 1 N–H and O–H groups in total. The van der Waals surface area contributed by atoms with Crippen molar-refractivity contribution in [2.24, 2.45) is 0 Å². The average molecular weight is 369 g/mol. The Morgan fingerprint density at radius 1 is 1.25 bits per heavy atom. The fraction of sp³-hybridized carbons (Fsp3) is 0.0667. The standard InChI is InChI=1S/C15H10Cl2N2O5/c16-10-1-3-12(17)13(6-10)18-15(21)8-24-14-4-2-11(19(22)23)5-9(14)7-20/h1-7H,8H2,(H,18,21). The molecule has 124 valence electrons. The predicted molar refractivity (Wildman–Crippen MR) is 89.1 cm³/mol. The quantitative estimate of drug-likeness (QED) is 0.475. The molecule has 0 atom stereocenters. The molecule has 0 aromatic heterocycles. The minimum Gasteiger partial charge on any atom is -0.483 e. The second-order valence-corrected chi connectivity index (χ2v) is 5.40. The molecule has 0 unspecified atom stereocenters. The number of hydrogen-bond acceptors (Lipinski definition) is 5. The van der Waals surface area contributed by atoms with Gasteiger partial charge in [-0.3, -0.25) is 19.7 Å². The Bertz CT molecular complexity index is 810. The Hall–Kier alpha value is -2.64. The number of carbonyl (C=O) groups is 2. The van der Waals surface area contributed by atoms with Crippen molar-refractivity contribution in [3.8, 4) is 5.75 Å². The summed E-state index contributed by atoms with van der Waals surface area (Å²) in [4.78, 5) is 32.9. The van der Waals surface area contributed by atoms with E-state index in [4.69, 9.17) is 27.9 Å². The van der Waals surface area contributed by atoms with Crippen LogP contribution in [0.15, 0.2) is 36.4 Å². The fourth-order valence-electron chi connectivity index (χ4n) is 1.80. The van der Waals surface area contributed by atoms with Crippen LogP contribution in [0.2, 0.25) is 10.0 Å². The summed E-state index contributed by atoms with van der Waals surface area (Å²) in [5.74, 6) is -0.475. The Morgan fingerprint density at radius 3 is 2.67 bits per heavy atom. The van der Waals surface area contributed by atoms with E-state index in [1.807, 2.05) is 0 Å². The lowest BCUT2D eigenvalue weighted by Crippen LogP contribution is -2.20. The number of nitro groups is 1. The van der Waals surface area contributed by atoms with E-state index in [0.29, 0.717) is 22.0 Å². The molecular weight excluding hydrogens is 359 g/mol. The van der Waals surface area contributed by atoms with Gasteiger partial charge >= 0.3 is 0 Å². The molecule has 2 rings (SSSR count). The van der Waals surface area contributed by atoms with Crippen LogP contribution < -0.4 is 10.1 Å². The maximum Gasteiger partial charge on any atom is 0.270 e. The highest BCUT2D eigenvalue weighted by molar-refractivity contribution is 6.35. The summed E-state index contributed by atoms with van der Waals surface area (Å²) in [6, 6.07) is 8.07. The van der Waals surface area contributed by atoms with E-state index in [2.05, 4.69) is 5.32 Å². The minimum atomic E-state index is -0.634. The number of carbonyl (C=O) groups excluding carboxylic acids is 2. The third kappa shape index (κ3) is 4.43. The Morgan fingerprint density at radius 2 is 2.00 bits per heavy atom. The molecule has 0 aliphatic rings. The third-order valence-electron chi connectivity index (χ3n) is 2.89. The number of nitrogens with zero attached hydrogens (tertiary/aromatic N) is 1. The first kappa shape index (κ1) is 17.7. The maximum atomic E-state index is 11.9. The zero-order valence-electron chi connectivity index (χ0n) is 12.0. The van der Waals surface area contributed by atoms with Crippen molar-refractivity contribution < 1.29 is 19.2 Å². The van der Waals surface area contributed by atoms with E-state index in [9.17, 15) is 19.7 Å². The summed E-state index contributed by atoms with van der Waals surface area (Å²) < 4.78 is 5.22. The van der Waals surface area contributed by atoms with Gasteiger partial charge in [0.1, 0.15) is 5.75 Å². The van der Waals surface area contributed by atoms with Gasteiger partial charge in [-0.2, -0.15) is 0 Å². The van der Waals surface area contributed by atoms with Crippen LogP contribution in [0.1, 0.15) is 10.4 Å². The smallest absolute Gasteiger partial charge is 0.270 e. The van der Waals surface area contributed by atoms with Gasteiger partial charge in [0.05, 0.1) is 21.2 Å². The zero-order chi connectivity index (χ0) is 17.7. The first-order valence-electron chi connectivity index (χ1n) is 6.52. The predicted octanol–water partition coefficient (Wildman–Crippen LogP) is 3.73. The van der Waals surface area contributed by atoms with Crippen LogP contribution >= 0.6 is 23.2 Å². The normalized spacial score (nSPS) is 10.1. The number of nitrogens with one attached hydrogen (secondary N) is 1. The van der Waals surface area contributed by atoms with Gasteiger partial charge < -0.3 is 10.1 Å². The van der Waals surface area contributed by atoms with Gasteiger partial charge in [0, 0.05) is 17.2 Å². The van der Waals surface area contributed by atoms with Gasteiger partial charge in [-0.05, 0) is 24.3 Å². The number of amides is 1. The van der Waals surface area contributed by atoms with Gasteiger partial charge in [0.2, 0.25) is 0 Å². The lowest BCUT2D eigenvalue weighted by Gasteiger charge is -2.10. The van der Waals surface area contributed by atoms with E-state index in [0.717, 1.165) is 6.07 Å². The van der Waals surface area contributed by atoms with Crippen LogP contribution in [-0.4, -0.2) is 23.7 Å². The van der Waals surface area contributed by atoms with Gasteiger partial charge in [-0.25, -0.2) is 0 Å². The molecule has 7 nitrogen and oxygen atoms in total. The van der Waals surface area contributed by atoms with Crippen LogP contribution in [0.3, 0.4) is 0 Å². The lowest BCUT2D eigenvalue weighted by atomic mass is 10.2. The van der Waals surface area contributed by atoms with Gasteiger partial charge in [-0.15, -0.1) is 0 Å². The van der Waals surface area contributed by atoms with Crippen molar-refractivity contribution in [1.82, 2.24) is 0 Å². The summed E-state index contributed by atoms with van der Waals surface area (Å²) in [5.41, 5.74) is 0.0366. The van der Waals surface area contributed by atoms with E-state index in [1.165, 1.54) is 24.3 Å². The number of rotatable bonds is 6. The second-order valence-electron chi connectivity index (χ2n) is 4.56. The number of aldehydes is 1. The molecule has 0 heterocycles. The third-order valence-corrected chi connectivity index (χ3v) is 3.46. The molecule has 0 radical (unpaired) electrons. The highest BCUT2D eigenvalue weighted by Gasteiger charge is 2.13. The SMILES string of the molecule is O=Cc1cc([N+](=O)[O-])ccc1OCC(=O)Nc1cc(Cl)ccc1Cl. The molecule has 0 aliphatic carbocycles. The van der Waals surface area contributed by atoms with E-state index in [1.54, 1.807) is 6.07 Å². The molecular formula is C15H10Cl2N2O5. The molecule has 0 spiro atoms. The highest BCUT2D eigenvalue weighted by Crippen LogP contribution is 2.26. The van der Waals surface area contributed by atoms with Crippen LogP contribution in [0, 0.1) is 10.1 Å². The average Bonchev–Trinajstić information content (AvgIpc) is 2.56. The largest absolute Gasteiger partial charge is 0.483 e. The summed E-state index contributed by atoms with van der Waals surface area (Å²) in [5, 5.41) is 13.9. The van der Waals surface area contributed by atoms with Crippen molar-refractivity contribution in [2.45, 2.75) is 0 Å². The van der Waals surface area contributed by atoms with E-state index < -0.39 is 17.4 Å². The molecule has 0 bridgehead atoms. The van der Waals surface area contributed by atoms with Gasteiger partial charge in [0.25, 0.3) is 11.6 Å². The minimum absolute atomic E-state index is 0.0298. The summed E-state index contributed by atoms with van der Waals surface area (Å²) in [6.07, 6.45) is 0.411. The number of hydrogen-bond donors (Lipinski definition) is 1. The molecule has 24 heavy (non-hydrogen) atoms. The fourth-order valence-corrected chi connectivity index (χ4v) is 2.13. The number of halogens is 2. The first-order valence-corrected chi connectivity index (χ1v) is 7.27. The maximum absolute atomic E-state index is 11.9. The van der Waals surface area contributed by atoms with Crippen molar-refractivity contribution in [3.63, 3.8) is 0 Å². The van der Waals surface area contributed by atoms with Crippen molar-refractivity contribution in [2.75, 3.05) is 11.9 Å². The van der Waals surface area contributed by atoms with Crippen molar-refractivity contribution in [3.05, 3.63) is 62.1 Å². The Labute approximate surface area is 146 Å². The van der Waals surface area contributed by atoms with Crippen LogP contribution in [0.4, 0.5) is 11.4 Å². The summed E-state index contributed by atoms with van der Waals surface area (Å²) >= 11 is 11.7. The first-order chi connectivity index (χ1) is 11.4. The molecule has 1 amide bonds. The van der Waals surface area contributed by atoms with Gasteiger partial charge in [-0.1, -0.05) is 23.2 Å². The number of ether oxygens (including phenoxy) is 1. The molecule has 2 aromatic rings. The van der Waals surface area contributed by atoms with Gasteiger partial charge in [0.15, 0.2) is 12.9 Å². The van der Waals surface area contributed by atoms with Crippen LogP contribution in [0.5, 0.6) is 5.75 Å². The monoisotopic (exact) mass is 368 g/mol. The summed E-state index contributed by atoms with van der Waals surface area (Å²) in [7, 11) is 0. The van der Waals surface area contributed by atoms with Crippen molar-refractivity contribution >= 4 is 46.8 Å². The Balaban J connectivity index is 2.05. The molecule has 0 aliphatic heterocycles. The Kier molecular flexibility index (Phi) is 5.73. The van der Waals surface area contributed by atoms with Crippen LogP contribution in [0.25, 0.3) is 0 Å². The summed E-state index contributed by atoms with van der Waals surface area (Å²) in [6.45, 7) is -0.415. The molecule has 0 fully saturated rings. The molecule has 0 saturated carbocycles. The molecule has 2 aromatic carbocycles. The van der Waals surface area contributed by atoms with Crippen LogP contribution in [-0.2, 0) is 4.79 Å². The zero-order valence-corrected chi connectivity index (χ0v) is 13.5. The molecule has 9 heteroatoms. The second kappa shape index (κ2) is 7.76. The lowest BCUT2D eigenvalue weighted by molar-refractivity contribution is -0.384. The molecule has 0 saturated heterocycles.